The van der Waals surface area contributed by atoms with Crippen molar-refractivity contribution in [3.63, 3.8) is 0 Å². The summed E-state index contributed by atoms with van der Waals surface area (Å²) >= 11 is 1.41. The van der Waals surface area contributed by atoms with Crippen LogP contribution in [0.2, 0.25) is 0 Å². The average Bonchev–Trinajstić information content (AvgIpc) is 2.71. The Bertz CT molecular complexity index is 433. The first-order chi connectivity index (χ1) is 7.34. The van der Waals surface area contributed by atoms with Crippen LogP contribution in [0, 0.1) is 0 Å². The van der Waals surface area contributed by atoms with Gasteiger partial charge < -0.3 is 12.4 Å². The van der Waals surface area contributed by atoms with Gasteiger partial charge in [0, 0.05) is 23.7 Å². The zero-order chi connectivity index (χ0) is 10.5. The van der Waals surface area contributed by atoms with Crippen LogP contribution in [0.1, 0.15) is 0 Å². The summed E-state index contributed by atoms with van der Waals surface area (Å²) in [6.07, 6.45) is 5.36. The number of carbonyl (C=O) groups is 1. The van der Waals surface area contributed by atoms with Gasteiger partial charge in [-0.05, 0) is 0 Å². The third-order valence-corrected chi connectivity index (χ3v) is 2.47. The van der Waals surface area contributed by atoms with E-state index in [1.807, 2.05) is 40.5 Å². The van der Waals surface area contributed by atoms with Crippen molar-refractivity contribution in [1.82, 2.24) is 4.98 Å². The van der Waals surface area contributed by atoms with Gasteiger partial charge in [0.2, 0.25) is 6.54 Å². The summed E-state index contributed by atoms with van der Waals surface area (Å²) in [6.45, 7) is 0.306. The number of rotatable bonds is 3. The Labute approximate surface area is 103 Å². The summed E-state index contributed by atoms with van der Waals surface area (Å²) in [4.78, 5) is 15.5. The van der Waals surface area contributed by atoms with Crippen LogP contribution in [0.3, 0.4) is 0 Å². The van der Waals surface area contributed by atoms with Crippen molar-refractivity contribution in [1.29, 1.82) is 0 Å². The Morgan fingerprint density at radius 1 is 1.38 bits per heavy atom. The molecule has 1 amide bonds. The first-order valence-electron chi connectivity index (χ1n) is 4.48. The summed E-state index contributed by atoms with van der Waals surface area (Å²) in [5.41, 5.74) is 0. The molecule has 16 heavy (non-hydrogen) atoms. The monoisotopic (exact) mass is 255 g/mol. The molecule has 0 saturated heterocycles. The van der Waals surface area contributed by atoms with Crippen molar-refractivity contribution in [2.75, 3.05) is 5.32 Å². The van der Waals surface area contributed by atoms with Crippen LogP contribution in [-0.4, -0.2) is 10.9 Å². The second-order valence-corrected chi connectivity index (χ2v) is 3.83. The SMILES string of the molecule is O=C(C[n+]1ccccc1)Nc1nccs1.[Cl-]. The molecule has 2 heterocycles. The largest absolute Gasteiger partial charge is 1.00 e. The first kappa shape index (κ1) is 12.6. The van der Waals surface area contributed by atoms with Gasteiger partial charge in [-0.25, -0.2) is 4.98 Å². The normalized spacial score (nSPS) is 9.25. The topological polar surface area (TPSA) is 45.9 Å². The van der Waals surface area contributed by atoms with E-state index in [0.29, 0.717) is 11.7 Å². The molecule has 0 spiro atoms. The van der Waals surface area contributed by atoms with Crippen LogP contribution in [0.25, 0.3) is 0 Å². The molecule has 84 valence electrons. The molecule has 4 nitrogen and oxygen atoms in total. The van der Waals surface area contributed by atoms with E-state index in [2.05, 4.69) is 10.3 Å². The minimum absolute atomic E-state index is 0. The van der Waals surface area contributed by atoms with E-state index in [1.165, 1.54) is 11.3 Å². The number of pyridine rings is 1. The van der Waals surface area contributed by atoms with Gasteiger partial charge in [0.05, 0.1) is 0 Å². The average molecular weight is 256 g/mol. The van der Waals surface area contributed by atoms with Gasteiger partial charge in [0.1, 0.15) is 0 Å². The van der Waals surface area contributed by atoms with Gasteiger partial charge in [-0.1, -0.05) is 6.07 Å². The lowest BCUT2D eigenvalue weighted by Gasteiger charge is -1.97. The van der Waals surface area contributed by atoms with Crippen molar-refractivity contribution < 1.29 is 21.8 Å². The number of carbonyl (C=O) groups excluding carboxylic acids is 1. The van der Waals surface area contributed by atoms with E-state index in [4.69, 9.17) is 0 Å². The van der Waals surface area contributed by atoms with Gasteiger partial charge in [-0.15, -0.1) is 11.3 Å². The highest BCUT2D eigenvalue weighted by atomic mass is 35.5. The summed E-state index contributed by atoms with van der Waals surface area (Å²) in [5.74, 6) is -0.0684. The predicted molar refractivity (Wildman–Crippen MR) is 57.4 cm³/mol. The summed E-state index contributed by atoms with van der Waals surface area (Å²) in [5, 5.41) is 5.18. The van der Waals surface area contributed by atoms with E-state index in [-0.39, 0.29) is 18.3 Å². The van der Waals surface area contributed by atoms with Crippen molar-refractivity contribution in [3.8, 4) is 0 Å². The molecule has 0 atom stereocenters. The number of halogens is 1. The zero-order valence-electron chi connectivity index (χ0n) is 8.34. The van der Waals surface area contributed by atoms with E-state index >= 15 is 0 Å². The second-order valence-electron chi connectivity index (χ2n) is 2.93. The highest BCUT2D eigenvalue weighted by Crippen LogP contribution is 2.09. The van der Waals surface area contributed by atoms with E-state index < -0.39 is 0 Å². The molecule has 0 aliphatic carbocycles. The summed E-state index contributed by atoms with van der Waals surface area (Å²) in [6, 6.07) is 5.68. The molecule has 0 saturated carbocycles. The minimum atomic E-state index is -0.0684. The fourth-order valence-electron chi connectivity index (χ4n) is 1.15. The smallest absolute Gasteiger partial charge is 0.292 e. The fraction of sp³-hybridized carbons (Fsp3) is 0.100. The van der Waals surface area contributed by atoms with Gasteiger partial charge >= 0.3 is 0 Å². The Morgan fingerprint density at radius 3 is 2.75 bits per heavy atom. The van der Waals surface area contributed by atoms with Crippen LogP contribution in [0.5, 0.6) is 0 Å². The molecule has 0 aliphatic heterocycles. The van der Waals surface area contributed by atoms with Crippen LogP contribution in [-0.2, 0) is 11.3 Å². The van der Waals surface area contributed by atoms with Crippen molar-refractivity contribution in [3.05, 3.63) is 42.2 Å². The molecule has 1 N–H and O–H groups in total. The van der Waals surface area contributed by atoms with Crippen LogP contribution < -0.4 is 22.3 Å². The van der Waals surface area contributed by atoms with Crippen LogP contribution >= 0.6 is 11.3 Å². The molecular formula is C10H10ClN3OS. The maximum atomic E-state index is 11.5. The van der Waals surface area contributed by atoms with Gasteiger partial charge in [-0.3, -0.25) is 10.1 Å². The number of hydrogen-bond acceptors (Lipinski definition) is 3. The molecule has 0 radical (unpaired) electrons. The maximum absolute atomic E-state index is 11.5. The Balaban J connectivity index is 0.00000128. The third kappa shape index (κ3) is 3.60. The van der Waals surface area contributed by atoms with Gasteiger partial charge in [0.15, 0.2) is 17.5 Å². The molecule has 2 aromatic heterocycles. The predicted octanol–water partition coefficient (Wildman–Crippen LogP) is -1.93. The Kier molecular flexibility index (Phi) is 4.88. The molecule has 6 heteroatoms. The molecule has 0 unspecified atom stereocenters. The summed E-state index contributed by atoms with van der Waals surface area (Å²) < 4.78 is 1.81. The van der Waals surface area contributed by atoms with E-state index in [1.54, 1.807) is 6.20 Å². The molecule has 0 aliphatic rings. The van der Waals surface area contributed by atoms with E-state index in [9.17, 15) is 4.79 Å². The molecule has 2 rings (SSSR count). The first-order valence-corrected chi connectivity index (χ1v) is 5.36. The van der Waals surface area contributed by atoms with E-state index in [0.717, 1.165) is 0 Å². The zero-order valence-corrected chi connectivity index (χ0v) is 9.91. The minimum Gasteiger partial charge on any atom is -1.00 e. The quantitative estimate of drug-likeness (QED) is 0.650. The van der Waals surface area contributed by atoms with Crippen LogP contribution in [0.4, 0.5) is 5.13 Å². The second kappa shape index (κ2) is 6.19. The molecule has 2 aromatic rings. The number of nitrogens with one attached hydrogen (secondary N) is 1. The summed E-state index contributed by atoms with van der Waals surface area (Å²) in [7, 11) is 0. The third-order valence-electron chi connectivity index (χ3n) is 1.78. The fourth-order valence-corrected chi connectivity index (χ4v) is 1.69. The molecule has 0 bridgehead atoms. The Hall–Kier alpha value is -1.46. The molecular weight excluding hydrogens is 246 g/mol. The van der Waals surface area contributed by atoms with Crippen LogP contribution in [0.15, 0.2) is 42.2 Å². The maximum Gasteiger partial charge on any atom is 0.292 e. The standard InChI is InChI=1S/C10H9N3OS.ClH/c14-9(12-10-11-4-7-15-10)8-13-5-2-1-3-6-13;/h1-7H,8H2;1H. The Morgan fingerprint density at radius 2 is 2.12 bits per heavy atom. The highest BCUT2D eigenvalue weighted by molar-refractivity contribution is 7.13. The highest BCUT2D eigenvalue weighted by Gasteiger charge is 2.09. The lowest BCUT2D eigenvalue weighted by molar-refractivity contribution is -0.684. The number of amides is 1. The lowest BCUT2D eigenvalue weighted by atomic mass is 10.4. The number of hydrogen-bond donors (Lipinski definition) is 1. The van der Waals surface area contributed by atoms with Gasteiger partial charge in [0.25, 0.3) is 5.91 Å². The lowest BCUT2D eigenvalue weighted by Crippen LogP contribution is -3.00. The number of anilines is 1. The van der Waals surface area contributed by atoms with Gasteiger partial charge in [-0.2, -0.15) is 4.57 Å². The number of nitrogens with zero attached hydrogens (tertiary/aromatic N) is 2. The molecule has 0 fully saturated rings. The van der Waals surface area contributed by atoms with Crippen molar-refractivity contribution in [2.45, 2.75) is 6.54 Å². The number of thiazole rings is 1. The number of aromatic nitrogens is 2. The molecule has 0 aromatic carbocycles. The van der Waals surface area contributed by atoms with Crippen molar-refractivity contribution in [2.24, 2.45) is 0 Å². The van der Waals surface area contributed by atoms with Crippen molar-refractivity contribution >= 4 is 22.4 Å².